The second-order valence-corrected chi connectivity index (χ2v) is 7.54. The summed E-state index contributed by atoms with van der Waals surface area (Å²) in [6, 6.07) is 6.83. The van der Waals surface area contributed by atoms with E-state index < -0.39 is 11.7 Å². The van der Waals surface area contributed by atoms with Crippen molar-refractivity contribution in [2.45, 2.75) is 38.6 Å². The summed E-state index contributed by atoms with van der Waals surface area (Å²) < 4.78 is 0. The number of carbonyl (C=O) groups is 2. The van der Waals surface area contributed by atoms with Gasteiger partial charge in [-0.15, -0.1) is 4.79 Å². The third kappa shape index (κ3) is 3.51. The summed E-state index contributed by atoms with van der Waals surface area (Å²) in [4.78, 5) is 36.9. The van der Waals surface area contributed by atoms with Crippen molar-refractivity contribution in [3.05, 3.63) is 40.3 Å². The zero-order chi connectivity index (χ0) is 19.0. The number of fused-ring (bicyclic) bond motifs is 3. The Morgan fingerprint density at radius 2 is 1.96 bits per heavy atom. The first-order chi connectivity index (χ1) is 13.0. The summed E-state index contributed by atoms with van der Waals surface area (Å²) in [6.45, 7) is -0.0572. The third-order valence-corrected chi connectivity index (χ3v) is 5.85. The minimum atomic E-state index is -1.18. The average molecular weight is 370 g/mol. The van der Waals surface area contributed by atoms with Gasteiger partial charge >= 0.3 is 6.09 Å². The molecule has 1 heterocycles. The number of hydrogen-bond donors (Lipinski definition) is 3. The molecule has 3 atom stereocenters. The Balaban J connectivity index is 1.57. The van der Waals surface area contributed by atoms with Gasteiger partial charge in [0, 0.05) is 11.8 Å². The van der Waals surface area contributed by atoms with Gasteiger partial charge in [-0.2, -0.15) is 5.10 Å². The van der Waals surface area contributed by atoms with E-state index in [1.165, 1.54) is 19.3 Å². The van der Waals surface area contributed by atoms with Gasteiger partial charge in [0.2, 0.25) is 5.91 Å². The zero-order valence-corrected chi connectivity index (χ0v) is 14.9. The molecule has 2 fully saturated rings. The van der Waals surface area contributed by atoms with Crippen molar-refractivity contribution in [2.24, 2.45) is 17.8 Å². The molecule has 8 heteroatoms. The van der Waals surface area contributed by atoms with Gasteiger partial charge in [-0.25, -0.2) is 10.2 Å². The maximum Gasteiger partial charge on any atom is 0.404 e. The van der Waals surface area contributed by atoms with Crippen LogP contribution in [0.2, 0.25) is 0 Å². The molecule has 0 radical (unpaired) electrons. The molecule has 2 amide bonds. The van der Waals surface area contributed by atoms with Crippen molar-refractivity contribution in [2.75, 3.05) is 5.43 Å². The van der Waals surface area contributed by atoms with Crippen molar-refractivity contribution in [1.82, 2.24) is 15.2 Å². The topological polar surface area (TPSA) is 113 Å². The molecule has 3 N–H and O–H groups in total. The van der Waals surface area contributed by atoms with Crippen molar-refractivity contribution in [1.29, 1.82) is 0 Å². The highest BCUT2D eigenvalue weighted by Crippen LogP contribution is 2.49. The molecule has 1 aromatic heterocycles. The number of rotatable bonds is 5. The molecule has 142 valence electrons. The van der Waals surface area contributed by atoms with Crippen LogP contribution in [0.5, 0.6) is 0 Å². The van der Waals surface area contributed by atoms with Crippen LogP contribution in [0, 0.1) is 17.8 Å². The summed E-state index contributed by atoms with van der Waals surface area (Å²) in [5, 5.41) is 16.2. The molecular weight excluding hydrogens is 348 g/mol. The van der Waals surface area contributed by atoms with Gasteiger partial charge < -0.3 is 10.4 Å². The second-order valence-electron chi connectivity index (χ2n) is 7.54. The lowest BCUT2D eigenvalue weighted by molar-refractivity contribution is -0.118. The molecule has 2 bridgehead atoms. The smallest absolute Gasteiger partial charge is 0.404 e. The highest BCUT2D eigenvalue weighted by atomic mass is 16.4. The van der Waals surface area contributed by atoms with Crippen LogP contribution in [-0.4, -0.2) is 27.0 Å². The lowest BCUT2D eigenvalue weighted by Crippen LogP contribution is -2.37. The monoisotopic (exact) mass is 370 g/mol. The highest BCUT2D eigenvalue weighted by Gasteiger charge is 2.40. The van der Waals surface area contributed by atoms with Crippen LogP contribution in [0.1, 0.15) is 37.8 Å². The summed E-state index contributed by atoms with van der Waals surface area (Å²) >= 11 is 0. The van der Waals surface area contributed by atoms with E-state index >= 15 is 0 Å². The first kappa shape index (κ1) is 17.5. The average Bonchev–Trinajstić information content (AvgIpc) is 3.26. The van der Waals surface area contributed by atoms with E-state index in [2.05, 4.69) is 15.8 Å². The van der Waals surface area contributed by atoms with E-state index in [0.29, 0.717) is 34.7 Å². The molecule has 2 aliphatic carbocycles. The molecule has 0 aliphatic heterocycles. The van der Waals surface area contributed by atoms with E-state index in [-0.39, 0.29) is 12.5 Å². The van der Waals surface area contributed by atoms with E-state index in [1.54, 1.807) is 24.3 Å². The number of hydrogen-bond acceptors (Lipinski definition) is 4. The molecule has 8 nitrogen and oxygen atoms in total. The number of nitrogens with one attached hydrogen (secondary N) is 2. The lowest BCUT2D eigenvalue weighted by atomic mass is 9.86. The Morgan fingerprint density at radius 3 is 2.63 bits per heavy atom. The second kappa shape index (κ2) is 7.02. The fourth-order valence-electron chi connectivity index (χ4n) is 4.65. The van der Waals surface area contributed by atoms with Gasteiger partial charge in [0.1, 0.15) is 0 Å². The minimum absolute atomic E-state index is 0.0572. The first-order valence-corrected chi connectivity index (χ1v) is 9.29. The molecule has 2 saturated carbocycles. The van der Waals surface area contributed by atoms with E-state index in [0.717, 1.165) is 17.1 Å². The SMILES string of the molecule is O=C(O)NCc1nn(NC(=O)CC2CC3CCC2C3)c(=O)c2ccccc12. The fraction of sp³-hybridized carbons (Fsp3) is 0.474. The number of carbonyl (C=O) groups excluding carboxylic acids is 1. The summed E-state index contributed by atoms with van der Waals surface area (Å²) in [7, 11) is 0. The predicted molar refractivity (Wildman–Crippen MR) is 98.8 cm³/mol. The van der Waals surface area contributed by atoms with Gasteiger partial charge in [-0.1, -0.05) is 24.6 Å². The molecule has 27 heavy (non-hydrogen) atoms. The van der Waals surface area contributed by atoms with Crippen LogP contribution >= 0.6 is 0 Å². The Morgan fingerprint density at radius 1 is 1.19 bits per heavy atom. The molecule has 2 aliphatic rings. The first-order valence-electron chi connectivity index (χ1n) is 9.29. The molecule has 0 spiro atoms. The summed E-state index contributed by atoms with van der Waals surface area (Å²) in [5.41, 5.74) is 2.55. The van der Waals surface area contributed by atoms with Crippen molar-refractivity contribution in [3.63, 3.8) is 0 Å². The van der Waals surface area contributed by atoms with Crippen molar-refractivity contribution in [3.8, 4) is 0 Å². The number of carboxylic acid groups (broad SMARTS) is 1. The molecule has 0 saturated heterocycles. The van der Waals surface area contributed by atoms with Crippen LogP contribution in [0.15, 0.2) is 29.1 Å². The van der Waals surface area contributed by atoms with E-state index in [9.17, 15) is 14.4 Å². The number of amides is 2. The van der Waals surface area contributed by atoms with E-state index in [1.807, 2.05) is 0 Å². The quantitative estimate of drug-likeness (QED) is 0.745. The van der Waals surface area contributed by atoms with Gasteiger partial charge in [0.15, 0.2) is 0 Å². The third-order valence-electron chi connectivity index (χ3n) is 5.85. The van der Waals surface area contributed by atoms with Crippen LogP contribution in [-0.2, 0) is 11.3 Å². The molecule has 4 rings (SSSR count). The summed E-state index contributed by atoms with van der Waals surface area (Å²) in [5.74, 6) is 1.53. The summed E-state index contributed by atoms with van der Waals surface area (Å²) in [6.07, 6.45) is 3.99. The number of benzene rings is 1. The Labute approximate surface area is 155 Å². The normalized spacial score (nSPS) is 23.5. The molecule has 1 aromatic carbocycles. The van der Waals surface area contributed by atoms with Crippen LogP contribution in [0.3, 0.4) is 0 Å². The van der Waals surface area contributed by atoms with Gasteiger partial charge in [0.25, 0.3) is 5.56 Å². The Hall–Kier alpha value is -2.90. The number of nitrogens with zero attached hydrogens (tertiary/aromatic N) is 2. The van der Waals surface area contributed by atoms with Gasteiger partial charge in [-0.05, 0) is 43.1 Å². The molecule has 3 unspecified atom stereocenters. The largest absolute Gasteiger partial charge is 0.465 e. The number of aromatic nitrogens is 2. The maximum absolute atomic E-state index is 12.7. The fourth-order valence-corrected chi connectivity index (χ4v) is 4.65. The maximum atomic E-state index is 12.7. The van der Waals surface area contributed by atoms with Crippen molar-refractivity contribution < 1.29 is 14.7 Å². The minimum Gasteiger partial charge on any atom is -0.465 e. The van der Waals surface area contributed by atoms with Crippen molar-refractivity contribution >= 4 is 22.8 Å². The van der Waals surface area contributed by atoms with E-state index in [4.69, 9.17) is 5.11 Å². The Bertz CT molecular complexity index is 954. The van der Waals surface area contributed by atoms with Gasteiger partial charge in [0.05, 0.1) is 17.6 Å². The zero-order valence-electron chi connectivity index (χ0n) is 14.9. The van der Waals surface area contributed by atoms with Crippen LogP contribution in [0.25, 0.3) is 10.8 Å². The Kier molecular flexibility index (Phi) is 4.55. The lowest BCUT2D eigenvalue weighted by Gasteiger charge is -2.21. The predicted octanol–water partition coefficient (Wildman–Crippen LogP) is 2.06. The van der Waals surface area contributed by atoms with Gasteiger partial charge in [-0.3, -0.25) is 9.59 Å². The van der Waals surface area contributed by atoms with Crippen LogP contribution in [0.4, 0.5) is 4.79 Å². The molecular formula is C19H22N4O4. The highest BCUT2D eigenvalue weighted by molar-refractivity contribution is 5.86. The standard InChI is InChI=1S/C19H22N4O4/c24-17(9-13-8-11-5-6-12(13)7-11)22-23-18(25)15-4-2-1-3-14(15)16(21-23)10-20-19(26)27/h1-4,11-13,20H,5-10H2,(H,22,24)(H,26,27). The molecule has 2 aromatic rings. The van der Waals surface area contributed by atoms with Crippen LogP contribution < -0.4 is 16.3 Å².